The van der Waals surface area contributed by atoms with Crippen LogP contribution < -0.4 is 4.72 Å². The monoisotopic (exact) mass is 311 g/mol. The highest BCUT2D eigenvalue weighted by molar-refractivity contribution is 7.89. The summed E-state index contributed by atoms with van der Waals surface area (Å²) in [5.74, 6) is -0.000979. The largest absolute Gasteiger partial charge is 0.462 e. The van der Waals surface area contributed by atoms with Crippen molar-refractivity contribution in [2.75, 3.05) is 13.2 Å². The second-order valence-corrected chi connectivity index (χ2v) is 7.01. The summed E-state index contributed by atoms with van der Waals surface area (Å²) in [6.07, 6.45) is 4.54. The Hall–Kier alpha value is -1.40. The van der Waals surface area contributed by atoms with Gasteiger partial charge in [0, 0.05) is 6.54 Å². The average Bonchev–Trinajstić information content (AvgIpc) is 2.99. The molecule has 1 aromatic carbocycles. The van der Waals surface area contributed by atoms with Crippen molar-refractivity contribution < 1.29 is 17.9 Å². The third kappa shape index (κ3) is 4.28. The van der Waals surface area contributed by atoms with Crippen LogP contribution in [0.1, 0.15) is 43.0 Å². The molecule has 0 unspecified atom stereocenters. The van der Waals surface area contributed by atoms with E-state index >= 15 is 0 Å². The highest BCUT2D eigenvalue weighted by atomic mass is 32.2. The number of hydrogen-bond acceptors (Lipinski definition) is 4. The SMILES string of the molecule is CCOC(=O)c1ccc(S(=O)(=O)NCC2CCCC2)cc1. The van der Waals surface area contributed by atoms with Crippen LogP contribution in [-0.2, 0) is 14.8 Å². The first-order valence-corrected chi connectivity index (χ1v) is 8.78. The van der Waals surface area contributed by atoms with E-state index in [1.165, 1.54) is 37.1 Å². The molecule has 0 aromatic heterocycles. The quantitative estimate of drug-likeness (QED) is 0.818. The van der Waals surface area contributed by atoms with Gasteiger partial charge in [-0.1, -0.05) is 12.8 Å². The molecule has 1 aliphatic carbocycles. The summed E-state index contributed by atoms with van der Waals surface area (Å²) in [6.45, 7) is 2.51. The van der Waals surface area contributed by atoms with Crippen molar-refractivity contribution in [2.24, 2.45) is 5.92 Å². The molecule has 2 rings (SSSR count). The van der Waals surface area contributed by atoms with Gasteiger partial charge in [-0.3, -0.25) is 0 Å². The Kier molecular flexibility index (Phi) is 5.36. The van der Waals surface area contributed by atoms with E-state index in [0.29, 0.717) is 24.6 Å². The lowest BCUT2D eigenvalue weighted by atomic mass is 10.1. The lowest BCUT2D eigenvalue weighted by molar-refractivity contribution is 0.0526. The van der Waals surface area contributed by atoms with E-state index < -0.39 is 16.0 Å². The van der Waals surface area contributed by atoms with Crippen LogP contribution in [0, 0.1) is 5.92 Å². The van der Waals surface area contributed by atoms with Gasteiger partial charge in [-0.2, -0.15) is 0 Å². The molecule has 1 aromatic rings. The minimum Gasteiger partial charge on any atom is -0.462 e. The highest BCUT2D eigenvalue weighted by Crippen LogP contribution is 2.24. The molecule has 0 radical (unpaired) electrons. The van der Waals surface area contributed by atoms with Crippen LogP contribution in [0.15, 0.2) is 29.2 Å². The second-order valence-electron chi connectivity index (χ2n) is 5.25. The highest BCUT2D eigenvalue weighted by Gasteiger charge is 2.20. The molecule has 0 aliphatic heterocycles. The normalized spacial score (nSPS) is 16.0. The van der Waals surface area contributed by atoms with Crippen LogP contribution in [0.3, 0.4) is 0 Å². The van der Waals surface area contributed by atoms with Crippen molar-refractivity contribution in [1.82, 2.24) is 4.72 Å². The zero-order valence-corrected chi connectivity index (χ0v) is 13.0. The Bertz CT molecular complexity index is 574. The van der Waals surface area contributed by atoms with Gasteiger partial charge in [0.15, 0.2) is 0 Å². The first-order chi connectivity index (χ1) is 10.0. The van der Waals surface area contributed by atoms with E-state index in [2.05, 4.69) is 4.72 Å². The molecule has 1 aliphatic rings. The van der Waals surface area contributed by atoms with Crippen LogP contribution >= 0.6 is 0 Å². The number of esters is 1. The summed E-state index contributed by atoms with van der Waals surface area (Å²) in [5.41, 5.74) is 0.353. The van der Waals surface area contributed by atoms with Gasteiger partial charge < -0.3 is 4.74 Å². The number of hydrogen-bond donors (Lipinski definition) is 1. The molecule has 0 bridgehead atoms. The molecule has 0 atom stereocenters. The molecule has 21 heavy (non-hydrogen) atoms. The Labute approximate surface area is 125 Å². The fourth-order valence-corrected chi connectivity index (χ4v) is 3.63. The minimum absolute atomic E-state index is 0.175. The van der Waals surface area contributed by atoms with Crippen molar-refractivity contribution >= 4 is 16.0 Å². The van der Waals surface area contributed by atoms with Gasteiger partial charge in [0.1, 0.15) is 0 Å². The van der Waals surface area contributed by atoms with E-state index in [1.54, 1.807) is 6.92 Å². The van der Waals surface area contributed by atoms with Crippen molar-refractivity contribution in [2.45, 2.75) is 37.5 Å². The Balaban J connectivity index is 2.00. The predicted octanol–water partition coefficient (Wildman–Crippen LogP) is 2.33. The fraction of sp³-hybridized carbons (Fsp3) is 0.533. The minimum atomic E-state index is -3.50. The summed E-state index contributed by atoms with van der Waals surface area (Å²) >= 11 is 0. The Morgan fingerprint density at radius 2 is 1.86 bits per heavy atom. The molecular weight excluding hydrogens is 290 g/mol. The second kappa shape index (κ2) is 7.04. The van der Waals surface area contributed by atoms with Crippen molar-refractivity contribution in [3.05, 3.63) is 29.8 Å². The Morgan fingerprint density at radius 1 is 1.24 bits per heavy atom. The number of carbonyl (C=O) groups is 1. The third-order valence-corrected chi connectivity index (χ3v) is 5.15. The summed E-state index contributed by atoms with van der Waals surface area (Å²) in [6, 6.07) is 5.82. The molecule has 0 saturated heterocycles. The number of sulfonamides is 1. The van der Waals surface area contributed by atoms with Gasteiger partial charge in [-0.25, -0.2) is 17.9 Å². The topological polar surface area (TPSA) is 72.5 Å². The zero-order valence-electron chi connectivity index (χ0n) is 12.2. The molecule has 116 valence electrons. The summed E-state index contributed by atoms with van der Waals surface area (Å²) in [7, 11) is -3.50. The van der Waals surface area contributed by atoms with Gasteiger partial charge in [0.05, 0.1) is 17.1 Å². The van der Waals surface area contributed by atoms with E-state index in [4.69, 9.17) is 4.74 Å². The molecule has 0 spiro atoms. The summed E-state index contributed by atoms with van der Waals surface area (Å²) in [5, 5.41) is 0. The third-order valence-electron chi connectivity index (χ3n) is 3.71. The van der Waals surface area contributed by atoms with Crippen molar-refractivity contribution in [3.8, 4) is 0 Å². The molecule has 6 heteroatoms. The van der Waals surface area contributed by atoms with Crippen molar-refractivity contribution in [1.29, 1.82) is 0 Å². The van der Waals surface area contributed by atoms with Gasteiger partial charge in [0.2, 0.25) is 10.0 Å². The first kappa shape index (κ1) is 16.0. The maximum absolute atomic E-state index is 12.2. The number of ether oxygens (including phenoxy) is 1. The van der Waals surface area contributed by atoms with Crippen LogP contribution in [0.5, 0.6) is 0 Å². The lowest BCUT2D eigenvalue weighted by Crippen LogP contribution is -2.28. The smallest absolute Gasteiger partial charge is 0.338 e. The van der Waals surface area contributed by atoms with Crippen LogP contribution in [0.2, 0.25) is 0 Å². The van der Waals surface area contributed by atoms with Crippen LogP contribution in [0.4, 0.5) is 0 Å². The van der Waals surface area contributed by atoms with E-state index in [0.717, 1.165) is 12.8 Å². The van der Waals surface area contributed by atoms with E-state index in [9.17, 15) is 13.2 Å². The van der Waals surface area contributed by atoms with E-state index in [1.807, 2.05) is 0 Å². The van der Waals surface area contributed by atoms with E-state index in [-0.39, 0.29) is 4.90 Å². The van der Waals surface area contributed by atoms with Gasteiger partial charge in [-0.05, 0) is 49.9 Å². The molecule has 1 fully saturated rings. The molecule has 0 amide bonds. The fourth-order valence-electron chi connectivity index (χ4n) is 2.51. The molecule has 5 nitrogen and oxygen atoms in total. The number of rotatable bonds is 6. The lowest BCUT2D eigenvalue weighted by Gasteiger charge is -2.11. The molecular formula is C15H21NO4S. The summed E-state index contributed by atoms with van der Waals surface area (Å²) < 4.78 is 31.8. The summed E-state index contributed by atoms with van der Waals surface area (Å²) in [4.78, 5) is 11.7. The van der Waals surface area contributed by atoms with Gasteiger partial charge >= 0.3 is 5.97 Å². The zero-order chi connectivity index (χ0) is 15.3. The standard InChI is InChI=1S/C15H21NO4S/c1-2-20-15(17)13-7-9-14(10-8-13)21(18,19)16-11-12-5-3-4-6-12/h7-10,12,16H,2-6,11H2,1H3. The number of benzene rings is 1. The maximum Gasteiger partial charge on any atom is 0.338 e. The average molecular weight is 311 g/mol. The van der Waals surface area contributed by atoms with Crippen molar-refractivity contribution in [3.63, 3.8) is 0 Å². The number of carbonyl (C=O) groups excluding carboxylic acids is 1. The van der Waals surface area contributed by atoms with Crippen LogP contribution in [0.25, 0.3) is 0 Å². The molecule has 1 saturated carbocycles. The first-order valence-electron chi connectivity index (χ1n) is 7.30. The van der Waals surface area contributed by atoms with Gasteiger partial charge in [0.25, 0.3) is 0 Å². The maximum atomic E-state index is 12.2. The molecule has 1 N–H and O–H groups in total. The van der Waals surface area contributed by atoms with Crippen LogP contribution in [-0.4, -0.2) is 27.5 Å². The number of nitrogens with one attached hydrogen (secondary N) is 1. The Morgan fingerprint density at radius 3 is 2.43 bits per heavy atom. The molecule has 0 heterocycles. The predicted molar refractivity (Wildman–Crippen MR) is 79.5 cm³/mol. The van der Waals surface area contributed by atoms with Gasteiger partial charge in [-0.15, -0.1) is 0 Å².